The Labute approximate surface area is 184 Å². The molecule has 1 aliphatic heterocycles. The number of nitrogens with one attached hydrogen (secondary N) is 1. The van der Waals surface area contributed by atoms with Crippen molar-refractivity contribution in [2.75, 3.05) is 6.61 Å². The van der Waals surface area contributed by atoms with Gasteiger partial charge in [-0.25, -0.2) is 14.4 Å². The van der Waals surface area contributed by atoms with E-state index in [4.69, 9.17) is 16.6 Å². The number of carbonyl (C=O) groups is 3. The highest BCUT2D eigenvalue weighted by molar-refractivity contribution is 8.00. The molecular weight excluding hydrogens is 452 g/mol. The van der Waals surface area contributed by atoms with Gasteiger partial charge in [0, 0.05) is 13.2 Å². The summed E-state index contributed by atoms with van der Waals surface area (Å²) in [7, 11) is 1.29. The molecule has 10 N–H and O–H groups in total. The molecule has 0 saturated carbocycles. The lowest BCUT2D eigenvalue weighted by molar-refractivity contribution is -0.146. The Bertz CT molecular complexity index is 1010. The largest absolute Gasteiger partial charge is 0.480 e. The molecule has 1 aromatic rings. The number of rotatable bonds is 7. The fraction of sp³-hybridized carbons (Fsp3) is 0.562. The first-order valence-electron chi connectivity index (χ1n) is 9.12. The number of nitrogens with zero attached hydrogens (tertiary/aromatic N) is 3. The maximum atomic E-state index is 12.6. The van der Waals surface area contributed by atoms with Gasteiger partial charge in [-0.1, -0.05) is 0 Å². The van der Waals surface area contributed by atoms with Crippen LogP contribution in [0, 0.1) is 0 Å². The van der Waals surface area contributed by atoms with Crippen LogP contribution < -0.4 is 28.0 Å². The molecule has 32 heavy (non-hydrogen) atoms. The number of amides is 3. The number of hydrogen-bond donors (Lipinski definition) is 8. The topological polar surface area (TPSA) is 256 Å². The Morgan fingerprint density at radius 3 is 2.47 bits per heavy atom. The van der Waals surface area contributed by atoms with Crippen LogP contribution >= 0.6 is 11.8 Å². The summed E-state index contributed by atoms with van der Waals surface area (Å²) in [6, 6.07) is -3.14. The average Bonchev–Trinajstić information content (AvgIpc) is 3.02. The molecule has 1 saturated heterocycles. The normalized spacial score (nSPS) is 26.4. The van der Waals surface area contributed by atoms with Crippen molar-refractivity contribution >= 4 is 29.7 Å². The van der Waals surface area contributed by atoms with E-state index < -0.39 is 71.2 Å². The van der Waals surface area contributed by atoms with Gasteiger partial charge in [-0.2, -0.15) is 4.99 Å². The molecule has 0 aliphatic carbocycles. The highest BCUT2D eigenvalue weighted by atomic mass is 32.2. The van der Waals surface area contributed by atoms with Crippen LogP contribution in [-0.2, 0) is 16.6 Å². The van der Waals surface area contributed by atoms with E-state index in [9.17, 15) is 39.6 Å². The van der Waals surface area contributed by atoms with Crippen molar-refractivity contribution in [1.29, 1.82) is 0 Å². The zero-order valence-corrected chi connectivity index (χ0v) is 17.5. The SMILES string of the molecule is Cn1c(=NC(N)=O)ccn([C@H]2S[C@H]([C@H](O)[C@@H](NC(=O)[C@H](N)CO)C(=O)O)[C@H](O)[C@@H]2O)c1=O. The van der Waals surface area contributed by atoms with Crippen molar-refractivity contribution < 1.29 is 39.9 Å². The summed E-state index contributed by atoms with van der Waals surface area (Å²) in [5.41, 5.74) is 9.49. The second-order valence-corrected chi connectivity index (χ2v) is 8.25. The first kappa shape index (κ1) is 25.5. The van der Waals surface area contributed by atoms with Gasteiger partial charge in [-0.15, -0.1) is 11.8 Å². The summed E-state index contributed by atoms with van der Waals surface area (Å²) in [5.74, 6) is -2.70. The molecule has 2 rings (SSSR count). The molecule has 1 aliphatic rings. The van der Waals surface area contributed by atoms with Gasteiger partial charge in [0.1, 0.15) is 23.0 Å². The van der Waals surface area contributed by atoms with Gasteiger partial charge in [0.2, 0.25) is 5.91 Å². The summed E-state index contributed by atoms with van der Waals surface area (Å²) in [4.78, 5) is 50.5. The van der Waals surface area contributed by atoms with Gasteiger partial charge in [0.15, 0.2) is 6.04 Å². The number of aliphatic hydroxyl groups excluding tert-OH is 4. The fourth-order valence-corrected chi connectivity index (χ4v) is 4.61. The third-order valence-electron chi connectivity index (χ3n) is 4.79. The van der Waals surface area contributed by atoms with Gasteiger partial charge in [0.25, 0.3) is 0 Å². The summed E-state index contributed by atoms with van der Waals surface area (Å²) in [5, 5.41) is 49.2. The molecule has 0 radical (unpaired) electrons. The number of aromatic nitrogens is 2. The predicted octanol–water partition coefficient (Wildman–Crippen LogP) is -5.25. The van der Waals surface area contributed by atoms with Crippen molar-refractivity contribution in [2.45, 2.75) is 41.0 Å². The second-order valence-electron chi connectivity index (χ2n) is 6.95. The lowest BCUT2D eigenvalue weighted by Gasteiger charge is -2.27. The Kier molecular flexibility index (Phi) is 8.16. The molecule has 16 heteroatoms. The summed E-state index contributed by atoms with van der Waals surface area (Å²) in [6.07, 6.45) is -4.02. The van der Waals surface area contributed by atoms with Gasteiger partial charge in [0.05, 0.1) is 24.1 Å². The molecule has 7 atom stereocenters. The molecule has 0 bridgehead atoms. The molecule has 15 nitrogen and oxygen atoms in total. The van der Waals surface area contributed by atoms with E-state index in [1.165, 1.54) is 19.3 Å². The lowest BCUT2D eigenvalue weighted by atomic mass is 10.00. The average molecular weight is 476 g/mol. The first-order valence-corrected chi connectivity index (χ1v) is 10.1. The predicted molar refractivity (Wildman–Crippen MR) is 108 cm³/mol. The van der Waals surface area contributed by atoms with Crippen LogP contribution in [0.1, 0.15) is 5.37 Å². The Morgan fingerprint density at radius 1 is 1.31 bits per heavy atom. The minimum Gasteiger partial charge on any atom is -0.480 e. The number of thioether (sulfide) groups is 1. The molecule has 1 aromatic heterocycles. The summed E-state index contributed by atoms with van der Waals surface area (Å²) >= 11 is 0.700. The Hall–Kier alpha value is -2.76. The third-order valence-corrected chi connectivity index (χ3v) is 6.44. The standard InChI is InChI=1S/C16H24N6O9S/c1-21-6(19-15(18)30)2-3-22(16(21)31)13-10(26)9(25)11(32-13)8(24)7(14(28)29)20-12(27)5(17)4-23/h2-3,5,7-11,13,23-26H,4,17H2,1H3,(H2,18,30)(H,20,27)(H,28,29)/t5-,7-,8-,9-,10+,11-,13+/m1/s1. The number of carboxylic acids is 1. The minimum absolute atomic E-state index is 0.0674. The quantitative estimate of drug-likeness (QED) is 0.184. The number of carboxylic acid groups (broad SMARTS) is 1. The molecule has 0 unspecified atom stereocenters. The van der Waals surface area contributed by atoms with Gasteiger partial charge in [-0.05, 0) is 6.07 Å². The van der Waals surface area contributed by atoms with Gasteiger partial charge >= 0.3 is 17.7 Å². The second kappa shape index (κ2) is 10.2. The number of aliphatic carboxylic acids is 1. The highest BCUT2D eigenvalue weighted by Gasteiger charge is 2.50. The van der Waals surface area contributed by atoms with E-state index >= 15 is 0 Å². The van der Waals surface area contributed by atoms with E-state index in [1.54, 1.807) is 0 Å². The van der Waals surface area contributed by atoms with Crippen molar-refractivity contribution in [3.05, 3.63) is 28.2 Å². The number of hydrogen-bond acceptors (Lipinski definition) is 10. The van der Waals surface area contributed by atoms with Crippen LogP contribution in [0.15, 0.2) is 22.1 Å². The van der Waals surface area contributed by atoms with E-state index in [0.29, 0.717) is 11.8 Å². The summed E-state index contributed by atoms with van der Waals surface area (Å²) in [6.45, 7) is -0.770. The van der Waals surface area contributed by atoms with Crippen molar-refractivity contribution in [2.24, 2.45) is 23.5 Å². The van der Waals surface area contributed by atoms with E-state index in [0.717, 1.165) is 9.13 Å². The molecule has 178 valence electrons. The van der Waals surface area contributed by atoms with Crippen molar-refractivity contribution in [1.82, 2.24) is 14.5 Å². The van der Waals surface area contributed by atoms with Crippen LogP contribution in [0.25, 0.3) is 0 Å². The van der Waals surface area contributed by atoms with Crippen LogP contribution in [0.4, 0.5) is 4.79 Å². The zero-order chi connectivity index (χ0) is 24.3. The highest BCUT2D eigenvalue weighted by Crippen LogP contribution is 2.43. The minimum atomic E-state index is -1.93. The van der Waals surface area contributed by atoms with Crippen LogP contribution in [-0.4, -0.2) is 94.8 Å². The number of urea groups is 1. The fourth-order valence-electron chi connectivity index (χ4n) is 3.04. The molecule has 1 fully saturated rings. The molecule has 2 heterocycles. The van der Waals surface area contributed by atoms with Crippen molar-refractivity contribution in [3.8, 4) is 0 Å². The van der Waals surface area contributed by atoms with Crippen LogP contribution in [0.5, 0.6) is 0 Å². The van der Waals surface area contributed by atoms with Crippen molar-refractivity contribution in [3.63, 3.8) is 0 Å². The number of primary amides is 1. The van der Waals surface area contributed by atoms with Gasteiger partial charge < -0.3 is 42.3 Å². The Morgan fingerprint density at radius 2 is 1.94 bits per heavy atom. The van der Waals surface area contributed by atoms with Crippen LogP contribution in [0.2, 0.25) is 0 Å². The Balaban J connectivity index is 2.34. The van der Waals surface area contributed by atoms with E-state index in [-0.39, 0.29) is 5.49 Å². The van der Waals surface area contributed by atoms with Crippen LogP contribution in [0.3, 0.4) is 0 Å². The number of carbonyl (C=O) groups excluding carboxylic acids is 2. The zero-order valence-electron chi connectivity index (χ0n) is 16.7. The first-order chi connectivity index (χ1) is 14.9. The molecule has 3 amide bonds. The van der Waals surface area contributed by atoms with E-state index in [1.807, 2.05) is 5.32 Å². The maximum absolute atomic E-state index is 12.6. The smallest absolute Gasteiger partial charge is 0.340 e. The monoisotopic (exact) mass is 476 g/mol. The molecule has 0 aromatic carbocycles. The number of nitrogens with two attached hydrogens (primary N) is 2. The lowest BCUT2D eigenvalue weighted by Crippen LogP contribution is -2.57. The molecule has 0 spiro atoms. The third kappa shape index (κ3) is 5.17. The summed E-state index contributed by atoms with van der Waals surface area (Å²) < 4.78 is 1.96. The maximum Gasteiger partial charge on any atom is 0.340 e. The molecular formula is C16H24N6O9S. The van der Waals surface area contributed by atoms with Gasteiger partial charge in [-0.3, -0.25) is 13.9 Å². The van der Waals surface area contributed by atoms with E-state index in [2.05, 4.69) is 4.99 Å². The number of aliphatic hydroxyl groups is 4.